The Labute approximate surface area is 80.1 Å². The lowest BCUT2D eigenvalue weighted by Gasteiger charge is -2.02. The number of rotatable bonds is 6. The predicted molar refractivity (Wildman–Crippen MR) is 45.9 cm³/mol. The van der Waals surface area contributed by atoms with E-state index in [-0.39, 0.29) is 31.8 Å². The highest BCUT2D eigenvalue weighted by Crippen LogP contribution is 1.80. The largest absolute Gasteiger partial charge is 0.481 e. The number of carboxylic acid groups (broad SMARTS) is 2. The van der Waals surface area contributed by atoms with E-state index in [0.29, 0.717) is 0 Å². The normalized spacial score (nSPS) is 9.14. The first kappa shape index (κ1) is 12.2. The maximum Gasteiger partial charge on any atom is 0.404 e. The molecule has 0 bridgehead atoms. The highest BCUT2D eigenvalue weighted by atomic mass is 16.4. The number of aliphatic carboxylic acids is 1. The van der Waals surface area contributed by atoms with E-state index in [9.17, 15) is 14.4 Å². The molecular weight excluding hydrogens is 192 g/mol. The third kappa shape index (κ3) is 8.31. The minimum Gasteiger partial charge on any atom is -0.481 e. The van der Waals surface area contributed by atoms with E-state index in [0.717, 1.165) is 0 Å². The van der Waals surface area contributed by atoms with Crippen LogP contribution >= 0.6 is 0 Å². The van der Waals surface area contributed by atoms with Crippen LogP contribution in [0.5, 0.6) is 0 Å². The molecule has 0 aliphatic rings. The van der Waals surface area contributed by atoms with Crippen molar-refractivity contribution in [2.24, 2.45) is 0 Å². The van der Waals surface area contributed by atoms with Crippen molar-refractivity contribution in [1.82, 2.24) is 10.6 Å². The van der Waals surface area contributed by atoms with E-state index in [4.69, 9.17) is 10.2 Å². The molecule has 2 amide bonds. The molecule has 0 rings (SSSR count). The number of nitrogens with one attached hydrogen (secondary N) is 2. The Morgan fingerprint density at radius 1 is 0.929 bits per heavy atom. The number of hydrogen-bond acceptors (Lipinski definition) is 3. The summed E-state index contributed by atoms with van der Waals surface area (Å²) in [5.41, 5.74) is 0. The van der Waals surface area contributed by atoms with Gasteiger partial charge in [-0.1, -0.05) is 0 Å². The summed E-state index contributed by atoms with van der Waals surface area (Å²) in [5, 5.41) is 20.7. The van der Waals surface area contributed by atoms with Crippen LogP contribution in [-0.2, 0) is 9.59 Å². The molecule has 0 atom stereocenters. The number of carbonyl (C=O) groups is 3. The van der Waals surface area contributed by atoms with Gasteiger partial charge in [0, 0.05) is 19.5 Å². The topological polar surface area (TPSA) is 116 Å². The molecule has 0 aromatic carbocycles. The lowest BCUT2D eigenvalue weighted by molar-refractivity contribution is -0.136. The van der Waals surface area contributed by atoms with E-state index in [1.165, 1.54) is 0 Å². The molecule has 0 saturated heterocycles. The van der Waals surface area contributed by atoms with Gasteiger partial charge >= 0.3 is 12.1 Å². The summed E-state index contributed by atoms with van der Waals surface area (Å²) in [5.74, 6) is -1.37. The minimum atomic E-state index is -1.19. The molecule has 0 aromatic rings. The zero-order valence-corrected chi connectivity index (χ0v) is 7.45. The van der Waals surface area contributed by atoms with Crippen molar-refractivity contribution in [3.05, 3.63) is 0 Å². The first-order valence-corrected chi connectivity index (χ1v) is 3.97. The highest BCUT2D eigenvalue weighted by molar-refractivity contribution is 5.77. The molecule has 0 unspecified atom stereocenters. The van der Waals surface area contributed by atoms with E-state index in [1.54, 1.807) is 0 Å². The van der Waals surface area contributed by atoms with Crippen LogP contribution in [0.15, 0.2) is 0 Å². The van der Waals surface area contributed by atoms with Gasteiger partial charge in [-0.25, -0.2) is 4.79 Å². The molecule has 0 saturated carbocycles. The predicted octanol–water partition coefficient (Wildman–Crippen LogP) is -0.765. The van der Waals surface area contributed by atoms with Gasteiger partial charge in [0.25, 0.3) is 0 Å². The van der Waals surface area contributed by atoms with Crippen LogP contribution in [0.25, 0.3) is 0 Å². The number of carbonyl (C=O) groups excluding carboxylic acids is 1. The molecule has 0 radical (unpaired) electrons. The Kier molecular flexibility index (Phi) is 5.84. The van der Waals surface area contributed by atoms with E-state index in [1.807, 2.05) is 5.32 Å². The molecule has 0 fully saturated rings. The summed E-state index contributed by atoms with van der Waals surface area (Å²) in [7, 11) is 0. The van der Waals surface area contributed by atoms with Crippen molar-refractivity contribution in [1.29, 1.82) is 0 Å². The van der Waals surface area contributed by atoms with Crippen LogP contribution in [0.2, 0.25) is 0 Å². The first-order chi connectivity index (χ1) is 6.52. The Morgan fingerprint density at radius 3 is 2.00 bits per heavy atom. The average Bonchev–Trinajstić information content (AvgIpc) is 2.02. The Hall–Kier alpha value is -1.79. The fourth-order valence-corrected chi connectivity index (χ4v) is 0.680. The molecule has 0 heterocycles. The van der Waals surface area contributed by atoms with Gasteiger partial charge in [0.2, 0.25) is 5.91 Å². The Balaban J connectivity index is 3.37. The van der Waals surface area contributed by atoms with Crippen molar-refractivity contribution in [3.63, 3.8) is 0 Å². The van der Waals surface area contributed by atoms with Gasteiger partial charge in [0.1, 0.15) is 0 Å². The Bertz CT molecular complexity index is 206. The second kappa shape index (κ2) is 6.70. The van der Waals surface area contributed by atoms with Gasteiger partial charge in [0.15, 0.2) is 0 Å². The van der Waals surface area contributed by atoms with Crippen molar-refractivity contribution < 1.29 is 24.6 Å². The molecule has 80 valence electrons. The minimum absolute atomic E-state index is 0.00587. The molecule has 14 heavy (non-hydrogen) atoms. The van der Waals surface area contributed by atoms with Crippen LogP contribution < -0.4 is 10.6 Å². The summed E-state index contributed by atoms with van der Waals surface area (Å²) in [6.45, 7) is 0.0788. The molecule has 0 aromatic heterocycles. The Morgan fingerprint density at radius 2 is 1.50 bits per heavy atom. The van der Waals surface area contributed by atoms with Gasteiger partial charge in [-0.2, -0.15) is 0 Å². The fourth-order valence-electron chi connectivity index (χ4n) is 0.680. The third-order valence-electron chi connectivity index (χ3n) is 1.29. The number of hydrogen-bond donors (Lipinski definition) is 4. The van der Waals surface area contributed by atoms with Crippen molar-refractivity contribution >= 4 is 18.0 Å². The van der Waals surface area contributed by atoms with Gasteiger partial charge in [-0.3, -0.25) is 9.59 Å². The first-order valence-electron chi connectivity index (χ1n) is 3.97. The van der Waals surface area contributed by atoms with Gasteiger partial charge in [-0.05, 0) is 0 Å². The second-order valence-corrected chi connectivity index (χ2v) is 2.48. The lowest BCUT2D eigenvalue weighted by Crippen LogP contribution is -2.30. The summed E-state index contributed by atoms with van der Waals surface area (Å²) in [6.07, 6.45) is -1.33. The SMILES string of the molecule is O=C(O)CCNC(=O)CCNC(=O)O. The third-order valence-corrected chi connectivity index (χ3v) is 1.29. The molecule has 4 N–H and O–H groups in total. The summed E-state index contributed by atoms with van der Waals surface area (Å²) >= 11 is 0. The van der Waals surface area contributed by atoms with Crippen molar-refractivity contribution in [3.8, 4) is 0 Å². The fraction of sp³-hybridized carbons (Fsp3) is 0.571. The van der Waals surface area contributed by atoms with E-state index >= 15 is 0 Å². The van der Waals surface area contributed by atoms with Gasteiger partial charge in [-0.15, -0.1) is 0 Å². The van der Waals surface area contributed by atoms with E-state index in [2.05, 4.69) is 5.32 Å². The molecule has 0 aliphatic carbocycles. The van der Waals surface area contributed by atoms with Gasteiger partial charge in [0.05, 0.1) is 6.42 Å². The monoisotopic (exact) mass is 204 g/mol. The maximum atomic E-state index is 10.9. The zero-order valence-electron chi connectivity index (χ0n) is 7.45. The van der Waals surface area contributed by atoms with Crippen LogP contribution in [0.4, 0.5) is 4.79 Å². The highest BCUT2D eigenvalue weighted by Gasteiger charge is 2.03. The standard InChI is InChI=1S/C7H12N2O5/c10-5(1-3-9-7(13)14)8-4-2-6(11)12/h9H,1-4H2,(H,8,10)(H,11,12)(H,13,14). The van der Waals surface area contributed by atoms with Crippen LogP contribution in [0, 0.1) is 0 Å². The molecule has 0 spiro atoms. The number of carboxylic acids is 1. The van der Waals surface area contributed by atoms with Crippen LogP contribution in [-0.4, -0.2) is 41.3 Å². The summed E-state index contributed by atoms with van der Waals surface area (Å²) in [6, 6.07) is 0. The molecule has 7 heteroatoms. The van der Waals surface area contributed by atoms with E-state index < -0.39 is 12.1 Å². The summed E-state index contributed by atoms with van der Waals surface area (Å²) < 4.78 is 0. The van der Waals surface area contributed by atoms with Gasteiger partial charge < -0.3 is 20.8 Å². The van der Waals surface area contributed by atoms with Crippen LogP contribution in [0.1, 0.15) is 12.8 Å². The zero-order chi connectivity index (χ0) is 11.0. The summed E-state index contributed by atoms with van der Waals surface area (Å²) in [4.78, 5) is 30.9. The average molecular weight is 204 g/mol. The van der Waals surface area contributed by atoms with Crippen molar-refractivity contribution in [2.45, 2.75) is 12.8 Å². The van der Waals surface area contributed by atoms with Crippen LogP contribution in [0.3, 0.4) is 0 Å². The molecule has 0 aliphatic heterocycles. The number of amides is 2. The molecule has 7 nitrogen and oxygen atoms in total. The quantitative estimate of drug-likeness (QED) is 0.453. The second-order valence-electron chi connectivity index (χ2n) is 2.48. The lowest BCUT2D eigenvalue weighted by atomic mass is 10.3. The van der Waals surface area contributed by atoms with Crippen molar-refractivity contribution in [2.75, 3.05) is 13.1 Å². The molecular formula is C7H12N2O5. The smallest absolute Gasteiger partial charge is 0.404 e. The maximum absolute atomic E-state index is 10.9.